The standard InChI is InChI=1S/C13H17BrN4OS/c1-3-5-18-13(19)11(14)10(8-17-18)16-7-9(2)12-15-4-6-20-12/h4,6,8-9,16H,3,5,7H2,1-2H3. The highest BCUT2D eigenvalue weighted by atomic mass is 79.9. The van der Waals surface area contributed by atoms with Crippen LogP contribution in [0.3, 0.4) is 0 Å². The van der Waals surface area contributed by atoms with Gasteiger partial charge in [0.2, 0.25) is 0 Å². The Morgan fingerprint density at radius 1 is 1.55 bits per heavy atom. The average molecular weight is 357 g/mol. The second-order valence-electron chi connectivity index (χ2n) is 4.55. The van der Waals surface area contributed by atoms with Crippen molar-refractivity contribution in [3.05, 3.63) is 37.6 Å². The first-order valence-electron chi connectivity index (χ1n) is 6.52. The van der Waals surface area contributed by atoms with Gasteiger partial charge in [0, 0.05) is 30.6 Å². The molecule has 0 aliphatic heterocycles. The molecule has 7 heteroatoms. The van der Waals surface area contributed by atoms with E-state index in [4.69, 9.17) is 0 Å². The van der Waals surface area contributed by atoms with Crippen molar-refractivity contribution in [3.8, 4) is 0 Å². The largest absolute Gasteiger partial charge is 0.382 e. The Hall–Kier alpha value is -1.21. The zero-order valence-electron chi connectivity index (χ0n) is 11.5. The molecule has 0 amide bonds. The van der Waals surface area contributed by atoms with Crippen molar-refractivity contribution in [2.24, 2.45) is 0 Å². The van der Waals surface area contributed by atoms with Gasteiger partial charge in [0.15, 0.2) is 0 Å². The lowest BCUT2D eigenvalue weighted by Gasteiger charge is -2.13. The molecule has 1 N–H and O–H groups in total. The molecular formula is C13H17BrN4OS. The smallest absolute Gasteiger partial charge is 0.283 e. The third-order valence-electron chi connectivity index (χ3n) is 2.89. The molecular weight excluding hydrogens is 340 g/mol. The van der Waals surface area contributed by atoms with Crippen LogP contribution >= 0.6 is 27.3 Å². The maximum Gasteiger partial charge on any atom is 0.283 e. The van der Waals surface area contributed by atoms with E-state index >= 15 is 0 Å². The van der Waals surface area contributed by atoms with Crippen molar-refractivity contribution in [3.63, 3.8) is 0 Å². The van der Waals surface area contributed by atoms with Crippen LogP contribution in [-0.4, -0.2) is 21.3 Å². The van der Waals surface area contributed by atoms with E-state index in [1.165, 1.54) is 4.68 Å². The first-order chi connectivity index (χ1) is 9.63. The van der Waals surface area contributed by atoms with Gasteiger partial charge in [-0.1, -0.05) is 13.8 Å². The molecule has 0 fully saturated rings. The molecule has 0 aliphatic rings. The van der Waals surface area contributed by atoms with Gasteiger partial charge in [-0.05, 0) is 22.4 Å². The molecule has 2 aromatic heterocycles. The summed E-state index contributed by atoms with van der Waals surface area (Å²) < 4.78 is 2.01. The monoisotopic (exact) mass is 356 g/mol. The molecule has 0 radical (unpaired) electrons. The summed E-state index contributed by atoms with van der Waals surface area (Å²) >= 11 is 4.99. The van der Waals surface area contributed by atoms with E-state index in [0.717, 1.165) is 17.1 Å². The van der Waals surface area contributed by atoms with Crippen molar-refractivity contribution in [2.45, 2.75) is 32.7 Å². The zero-order chi connectivity index (χ0) is 14.5. The minimum atomic E-state index is -0.0984. The molecule has 108 valence electrons. The molecule has 0 aromatic carbocycles. The van der Waals surface area contributed by atoms with Gasteiger partial charge in [-0.2, -0.15) is 5.10 Å². The maximum absolute atomic E-state index is 12.1. The minimum absolute atomic E-state index is 0.0984. The van der Waals surface area contributed by atoms with Crippen LogP contribution in [0.25, 0.3) is 0 Å². The number of nitrogens with zero attached hydrogens (tertiary/aromatic N) is 3. The van der Waals surface area contributed by atoms with Crippen LogP contribution in [0.2, 0.25) is 0 Å². The summed E-state index contributed by atoms with van der Waals surface area (Å²) in [7, 11) is 0. The molecule has 0 aliphatic carbocycles. The van der Waals surface area contributed by atoms with Gasteiger partial charge in [-0.3, -0.25) is 4.79 Å². The lowest BCUT2D eigenvalue weighted by Crippen LogP contribution is -2.25. The predicted molar refractivity (Wildman–Crippen MR) is 85.5 cm³/mol. The lowest BCUT2D eigenvalue weighted by atomic mass is 10.2. The quantitative estimate of drug-likeness (QED) is 0.863. The molecule has 20 heavy (non-hydrogen) atoms. The second-order valence-corrected chi connectivity index (χ2v) is 6.27. The van der Waals surface area contributed by atoms with Crippen LogP contribution in [0.15, 0.2) is 27.0 Å². The Kier molecular flexibility index (Phi) is 5.31. The molecule has 0 bridgehead atoms. The third-order valence-corrected chi connectivity index (χ3v) is 4.67. The topological polar surface area (TPSA) is 59.8 Å². The number of anilines is 1. The molecule has 0 spiro atoms. The predicted octanol–water partition coefficient (Wildman–Crippen LogP) is 3.09. The molecule has 0 saturated heterocycles. The first-order valence-corrected chi connectivity index (χ1v) is 8.19. The molecule has 0 saturated carbocycles. The Labute approximate surface area is 130 Å². The first kappa shape index (κ1) is 15.2. The normalized spacial score (nSPS) is 12.3. The van der Waals surface area contributed by atoms with Crippen LogP contribution < -0.4 is 10.9 Å². The SMILES string of the molecule is CCCn1ncc(NCC(C)c2nccs2)c(Br)c1=O. The summed E-state index contributed by atoms with van der Waals surface area (Å²) in [6.07, 6.45) is 4.38. The van der Waals surface area contributed by atoms with Crippen LogP contribution in [0, 0.1) is 0 Å². The number of aryl methyl sites for hydroxylation is 1. The summed E-state index contributed by atoms with van der Waals surface area (Å²) in [5, 5.41) is 10.5. The number of rotatable bonds is 6. The van der Waals surface area contributed by atoms with Crippen molar-refractivity contribution < 1.29 is 0 Å². The van der Waals surface area contributed by atoms with Gasteiger partial charge in [-0.25, -0.2) is 9.67 Å². The van der Waals surface area contributed by atoms with E-state index in [2.05, 4.69) is 38.3 Å². The van der Waals surface area contributed by atoms with E-state index in [1.807, 2.05) is 12.3 Å². The van der Waals surface area contributed by atoms with Gasteiger partial charge in [0.05, 0.1) is 16.9 Å². The number of hydrogen-bond acceptors (Lipinski definition) is 5. The molecule has 5 nitrogen and oxygen atoms in total. The van der Waals surface area contributed by atoms with E-state index in [-0.39, 0.29) is 5.56 Å². The molecule has 1 atom stereocenters. The van der Waals surface area contributed by atoms with Gasteiger partial charge >= 0.3 is 0 Å². The lowest BCUT2D eigenvalue weighted by molar-refractivity contribution is 0.565. The number of halogens is 1. The Morgan fingerprint density at radius 2 is 2.35 bits per heavy atom. The van der Waals surface area contributed by atoms with Crippen molar-refractivity contribution in [2.75, 3.05) is 11.9 Å². The fourth-order valence-corrected chi connectivity index (χ4v) is 2.93. The summed E-state index contributed by atoms with van der Waals surface area (Å²) in [6, 6.07) is 0. The van der Waals surface area contributed by atoms with Gasteiger partial charge in [0.1, 0.15) is 4.47 Å². The average Bonchev–Trinajstić information content (AvgIpc) is 2.97. The Bertz CT molecular complexity index is 611. The van der Waals surface area contributed by atoms with E-state index in [9.17, 15) is 4.79 Å². The highest BCUT2D eigenvalue weighted by Crippen LogP contribution is 2.21. The zero-order valence-corrected chi connectivity index (χ0v) is 13.9. The Balaban J connectivity index is 2.07. The van der Waals surface area contributed by atoms with E-state index in [0.29, 0.717) is 23.5 Å². The number of nitrogens with one attached hydrogen (secondary N) is 1. The number of hydrogen-bond donors (Lipinski definition) is 1. The summed E-state index contributed by atoms with van der Waals surface area (Å²) in [6.45, 7) is 5.47. The summed E-state index contributed by atoms with van der Waals surface area (Å²) in [4.78, 5) is 16.3. The van der Waals surface area contributed by atoms with Crippen molar-refractivity contribution >= 4 is 33.0 Å². The van der Waals surface area contributed by atoms with Crippen LogP contribution in [0.4, 0.5) is 5.69 Å². The third kappa shape index (κ3) is 3.46. The summed E-state index contributed by atoms with van der Waals surface area (Å²) in [5.74, 6) is 0.292. The molecule has 2 rings (SSSR count). The minimum Gasteiger partial charge on any atom is -0.382 e. The van der Waals surface area contributed by atoms with Crippen molar-refractivity contribution in [1.82, 2.24) is 14.8 Å². The highest BCUT2D eigenvalue weighted by Gasteiger charge is 2.11. The van der Waals surface area contributed by atoms with Gasteiger partial charge < -0.3 is 5.32 Å². The number of thiazole rings is 1. The molecule has 2 aromatic rings. The van der Waals surface area contributed by atoms with Crippen LogP contribution in [0.5, 0.6) is 0 Å². The molecule has 1 unspecified atom stereocenters. The van der Waals surface area contributed by atoms with Crippen LogP contribution in [-0.2, 0) is 6.54 Å². The second kappa shape index (κ2) is 6.99. The van der Waals surface area contributed by atoms with Crippen LogP contribution in [0.1, 0.15) is 31.2 Å². The van der Waals surface area contributed by atoms with Gasteiger partial charge in [0.25, 0.3) is 5.56 Å². The maximum atomic E-state index is 12.1. The number of aromatic nitrogens is 3. The van der Waals surface area contributed by atoms with E-state index < -0.39 is 0 Å². The highest BCUT2D eigenvalue weighted by molar-refractivity contribution is 9.10. The van der Waals surface area contributed by atoms with Crippen molar-refractivity contribution in [1.29, 1.82) is 0 Å². The fourth-order valence-electron chi connectivity index (χ4n) is 1.79. The molecule has 2 heterocycles. The van der Waals surface area contributed by atoms with E-state index in [1.54, 1.807) is 23.7 Å². The summed E-state index contributed by atoms with van der Waals surface area (Å²) in [5.41, 5.74) is 0.629. The Morgan fingerprint density at radius 3 is 3.00 bits per heavy atom. The fraction of sp³-hybridized carbons (Fsp3) is 0.462. The van der Waals surface area contributed by atoms with Gasteiger partial charge in [-0.15, -0.1) is 11.3 Å².